The molecule has 2 aromatic rings. The minimum atomic E-state index is -0.485. The number of methoxy groups -OCH3 is 1. The third kappa shape index (κ3) is 1.99. The Bertz CT molecular complexity index is 561. The second-order valence-corrected chi connectivity index (χ2v) is 3.69. The van der Waals surface area contributed by atoms with Crippen molar-refractivity contribution in [3.05, 3.63) is 41.6 Å². The van der Waals surface area contributed by atoms with Gasteiger partial charge in [-0.15, -0.1) is 0 Å². The van der Waals surface area contributed by atoms with Crippen LogP contribution in [-0.2, 0) is 4.74 Å². The summed E-state index contributed by atoms with van der Waals surface area (Å²) in [7, 11) is 1.31. The maximum absolute atomic E-state index is 11.4. The molecule has 0 amide bonds. The van der Waals surface area contributed by atoms with E-state index in [0.717, 1.165) is 11.3 Å². The van der Waals surface area contributed by atoms with Crippen molar-refractivity contribution >= 4 is 11.8 Å². The Morgan fingerprint density at radius 3 is 2.88 bits per heavy atom. The number of hydrogen-bond acceptors (Lipinski definition) is 4. The van der Waals surface area contributed by atoms with Crippen molar-refractivity contribution in [1.29, 1.82) is 0 Å². The normalized spacial score (nSPS) is 10.2. The largest absolute Gasteiger partial charge is 0.465 e. The zero-order chi connectivity index (χ0) is 12.4. The molecular formula is C12H13N3O2. The summed E-state index contributed by atoms with van der Waals surface area (Å²) in [5.41, 5.74) is 8.05. The van der Waals surface area contributed by atoms with E-state index in [2.05, 4.69) is 9.84 Å². The van der Waals surface area contributed by atoms with Crippen LogP contribution in [0.1, 0.15) is 15.9 Å². The predicted octanol–water partition coefficient (Wildman–Crippen LogP) is 1.55. The number of hydrogen-bond donors (Lipinski definition) is 1. The SMILES string of the molecule is COC(=O)c1cnn(-c2cccc(C)c2)c1N. The number of esters is 1. The first kappa shape index (κ1) is 11.2. The molecule has 17 heavy (non-hydrogen) atoms. The van der Waals surface area contributed by atoms with Crippen LogP contribution in [0.4, 0.5) is 5.82 Å². The number of nitrogens with zero attached hydrogens (tertiary/aromatic N) is 2. The summed E-state index contributed by atoms with van der Waals surface area (Å²) in [5.74, 6) is -0.205. The molecule has 2 N–H and O–H groups in total. The van der Waals surface area contributed by atoms with Gasteiger partial charge in [-0.05, 0) is 24.6 Å². The van der Waals surface area contributed by atoms with Crippen molar-refractivity contribution in [2.24, 2.45) is 0 Å². The van der Waals surface area contributed by atoms with Gasteiger partial charge in [-0.25, -0.2) is 9.48 Å². The Hall–Kier alpha value is -2.30. The molecule has 5 nitrogen and oxygen atoms in total. The molecule has 0 fully saturated rings. The lowest BCUT2D eigenvalue weighted by molar-refractivity contribution is 0.0602. The number of carbonyl (C=O) groups is 1. The van der Waals surface area contributed by atoms with Gasteiger partial charge in [0.25, 0.3) is 0 Å². The number of nitrogen functional groups attached to an aromatic ring is 1. The van der Waals surface area contributed by atoms with Gasteiger partial charge in [-0.3, -0.25) is 0 Å². The minimum absolute atomic E-state index is 0.272. The Balaban J connectivity index is 2.48. The van der Waals surface area contributed by atoms with E-state index in [1.807, 2.05) is 31.2 Å². The van der Waals surface area contributed by atoms with Gasteiger partial charge in [0.05, 0.1) is 19.0 Å². The molecule has 2 rings (SSSR count). The van der Waals surface area contributed by atoms with Crippen LogP contribution >= 0.6 is 0 Å². The molecule has 1 aromatic carbocycles. The number of aryl methyl sites for hydroxylation is 1. The fraction of sp³-hybridized carbons (Fsp3) is 0.167. The van der Waals surface area contributed by atoms with E-state index in [4.69, 9.17) is 5.73 Å². The molecule has 0 bridgehead atoms. The number of ether oxygens (including phenoxy) is 1. The summed E-state index contributed by atoms with van der Waals surface area (Å²) in [5, 5.41) is 4.09. The molecule has 1 aromatic heterocycles. The molecular weight excluding hydrogens is 218 g/mol. The summed E-state index contributed by atoms with van der Waals surface area (Å²) in [6.45, 7) is 1.98. The number of aromatic nitrogens is 2. The Morgan fingerprint density at radius 1 is 1.47 bits per heavy atom. The quantitative estimate of drug-likeness (QED) is 0.796. The predicted molar refractivity (Wildman–Crippen MR) is 64.1 cm³/mol. The van der Waals surface area contributed by atoms with Crippen LogP contribution in [0, 0.1) is 6.92 Å². The van der Waals surface area contributed by atoms with E-state index in [1.54, 1.807) is 0 Å². The highest BCUT2D eigenvalue weighted by Crippen LogP contribution is 2.18. The van der Waals surface area contributed by atoms with Gasteiger partial charge in [-0.2, -0.15) is 5.10 Å². The highest BCUT2D eigenvalue weighted by molar-refractivity contribution is 5.94. The third-order valence-corrected chi connectivity index (χ3v) is 2.46. The summed E-state index contributed by atoms with van der Waals surface area (Å²) in [6.07, 6.45) is 1.41. The first-order valence-electron chi connectivity index (χ1n) is 5.12. The first-order valence-corrected chi connectivity index (χ1v) is 5.12. The molecule has 88 valence electrons. The first-order chi connectivity index (χ1) is 8.13. The summed E-state index contributed by atoms with van der Waals surface area (Å²) in [6, 6.07) is 7.69. The van der Waals surface area contributed by atoms with E-state index in [9.17, 15) is 4.79 Å². The van der Waals surface area contributed by atoms with E-state index < -0.39 is 5.97 Å². The van der Waals surface area contributed by atoms with Crippen molar-refractivity contribution in [3.63, 3.8) is 0 Å². The third-order valence-electron chi connectivity index (χ3n) is 2.46. The molecule has 0 radical (unpaired) electrons. The van der Waals surface area contributed by atoms with Crippen LogP contribution < -0.4 is 5.73 Å². The zero-order valence-electron chi connectivity index (χ0n) is 9.68. The Labute approximate surface area is 98.8 Å². The monoisotopic (exact) mass is 231 g/mol. The van der Waals surface area contributed by atoms with Gasteiger partial charge in [0, 0.05) is 0 Å². The number of benzene rings is 1. The van der Waals surface area contributed by atoms with Crippen molar-refractivity contribution < 1.29 is 9.53 Å². The van der Waals surface area contributed by atoms with Crippen molar-refractivity contribution in [2.45, 2.75) is 6.92 Å². The summed E-state index contributed by atoms with van der Waals surface area (Å²) in [4.78, 5) is 11.4. The van der Waals surface area contributed by atoms with Crippen LogP contribution in [0.2, 0.25) is 0 Å². The Kier molecular flexibility index (Phi) is 2.82. The van der Waals surface area contributed by atoms with Crippen molar-refractivity contribution in [2.75, 3.05) is 12.8 Å². The van der Waals surface area contributed by atoms with Gasteiger partial charge in [0.15, 0.2) is 0 Å². The lowest BCUT2D eigenvalue weighted by Crippen LogP contribution is -2.07. The molecule has 0 spiro atoms. The molecule has 0 saturated carbocycles. The van der Waals surface area contributed by atoms with Gasteiger partial charge in [-0.1, -0.05) is 12.1 Å². The topological polar surface area (TPSA) is 70.1 Å². The molecule has 5 heteroatoms. The van der Waals surface area contributed by atoms with Crippen LogP contribution in [0.15, 0.2) is 30.5 Å². The van der Waals surface area contributed by atoms with Crippen molar-refractivity contribution in [3.8, 4) is 5.69 Å². The number of nitrogens with two attached hydrogens (primary N) is 1. The number of carbonyl (C=O) groups excluding carboxylic acids is 1. The molecule has 0 aliphatic heterocycles. The number of rotatable bonds is 2. The Morgan fingerprint density at radius 2 is 2.24 bits per heavy atom. The van der Waals surface area contributed by atoms with Crippen LogP contribution in [0.3, 0.4) is 0 Å². The second-order valence-electron chi connectivity index (χ2n) is 3.69. The maximum Gasteiger partial charge on any atom is 0.343 e. The molecule has 0 unspecified atom stereocenters. The average molecular weight is 231 g/mol. The maximum atomic E-state index is 11.4. The molecule has 1 heterocycles. The fourth-order valence-electron chi connectivity index (χ4n) is 1.59. The van der Waals surface area contributed by atoms with Crippen LogP contribution in [-0.4, -0.2) is 22.9 Å². The minimum Gasteiger partial charge on any atom is -0.465 e. The van der Waals surface area contributed by atoms with Gasteiger partial charge < -0.3 is 10.5 Å². The van der Waals surface area contributed by atoms with Crippen LogP contribution in [0.5, 0.6) is 0 Å². The molecule has 0 saturated heterocycles. The standard InChI is InChI=1S/C12H13N3O2/c1-8-4-3-5-9(6-8)15-11(13)10(7-14-15)12(16)17-2/h3-7H,13H2,1-2H3. The van der Waals surface area contributed by atoms with E-state index in [-0.39, 0.29) is 11.4 Å². The van der Waals surface area contributed by atoms with Gasteiger partial charge >= 0.3 is 5.97 Å². The van der Waals surface area contributed by atoms with Crippen LogP contribution in [0.25, 0.3) is 5.69 Å². The fourth-order valence-corrected chi connectivity index (χ4v) is 1.59. The van der Waals surface area contributed by atoms with E-state index >= 15 is 0 Å². The zero-order valence-corrected chi connectivity index (χ0v) is 9.68. The highest BCUT2D eigenvalue weighted by atomic mass is 16.5. The smallest absolute Gasteiger partial charge is 0.343 e. The van der Waals surface area contributed by atoms with E-state index in [0.29, 0.717) is 0 Å². The molecule has 0 aliphatic rings. The van der Waals surface area contributed by atoms with Gasteiger partial charge in [0.1, 0.15) is 11.4 Å². The van der Waals surface area contributed by atoms with Gasteiger partial charge in [0.2, 0.25) is 0 Å². The highest BCUT2D eigenvalue weighted by Gasteiger charge is 2.16. The molecule has 0 aliphatic carbocycles. The lowest BCUT2D eigenvalue weighted by atomic mass is 10.2. The lowest BCUT2D eigenvalue weighted by Gasteiger charge is -2.05. The van der Waals surface area contributed by atoms with Crippen molar-refractivity contribution in [1.82, 2.24) is 9.78 Å². The second kappa shape index (κ2) is 4.29. The average Bonchev–Trinajstić information content (AvgIpc) is 2.70. The summed E-state index contributed by atoms with van der Waals surface area (Å²) >= 11 is 0. The molecule has 0 atom stereocenters. The number of anilines is 1. The van der Waals surface area contributed by atoms with E-state index in [1.165, 1.54) is 18.0 Å². The summed E-state index contributed by atoms with van der Waals surface area (Å²) < 4.78 is 6.13.